The van der Waals surface area contributed by atoms with E-state index in [1.165, 1.54) is 5.52 Å². The number of carbonyl (C=O) groups is 1. The zero-order valence-corrected chi connectivity index (χ0v) is 16.7. The van der Waals surface area contributed by atoms with Crippen LogP contribution in [0.25, 0.3) is 33.7 Å². The third-order valence-corrected chi connectivity index (χ3v) is 5.24. The minimum absolute atomic E-state index is 0.0951. The van der Waals surface area contributed by atoms with E-state index in [1.807, 2.05) is 31.2 Å². The van der Waals surface area contributed by atoms with Crippen molar-refractivity contribution >= 4 is 16.9 Å². The summed E-state index contributed by atoms with van der Waals surface area (Å²) in [6.45, 7) is 6.28. The van der Waals surface area contributed by atoms with Gasteiger partial charge in [0.25, 0.3) is 5.89 Å². The van der Waals surface area contributed by atoms with Crippen LogP contribution < -0.4 is 0 Å². The van der Waals surface area contributed by atoms with Gasteiger partial charge in [-0.05, 0) is 62.6 Å². The summed E-state index contributed by atoms with van der Waals surface area (Å²) in [6.07, 6.45) is 2.66. The topological polar surface area (TPSA) is 81.1 Å². The molecule has 4 rings (SSSR count). The Morgan fingerprint density at radius 1 is 1.21 bits per heavy atom. The standard InChI is InChI=1S/C23H23N3O3/c1-14(2)26-12-11-17-13-18(7-9-20(17)26)23-24-22(25-29-23)19-6-4-5-16(15(19)3)8-10-21(27)28/h4-7,9,11-14H,8,10H2,1-3H3,(H,27,28). The van der Waals surface area contributed by atoms with Crippen molar-refractivity contribution in [1.29, 1.82) is 0 Å². The van der Waals surface area contributed by atoms with Gasteiger partial charge >= 0.3 is 5.97 Å². The second-order valence-electron chi connectivity index (χ2n) is 7.50. The summed E-state index contributed by atoms with van der Waals surface area (Å²) in [5.41, 5.74) is 4.86. The van der Waals surface area contributed by atoms with Gasteiger partial charge in [0.2, 0.25) is 5.82 Å². The molecule has 0 fully saturated rings. The molecule has 2 heterocycles. The number of hydrogen-bond acceptors (Lipinski definition) is 4. The van der Waals surface area contributed by atoms with E-state index in [2.05, 4.69) is 53.0 Å². The van der Waals surface area contributed by atoms with Gasteiger partial charge in [-0.3, -0.25) is 4.79 Å². The maximum Gasteiger partial charge on any atom is 0.303 e. The molecule has 1 N–H and O–H groups in total. The van der Waals surface area contributed by atoms with Crippen LogP contribution in [0.3, 0.4) is 0 Å². The van der Waals surface area contributed by atoms with E-state index in [1.54, 1.807) is 0 Å². The number of nitrogens with zero attached hydrogens (tertiary/aromatic N) is 3. The Morgan fingerprint density at radius 2 is 2.03 bits per heavy atom. The lowest BCUT2D eigenvalue weighted by molar-refractivity contribution is -0.136. The van der Waals surface area contributed by atoms with Gasteiger partial charge in [0, 0.05) is 40.7 Å². The molecule has 0 spiro atoms. The molecular formula is C23H23N3O3. The zero-order chi connectivity index (χ0) is 20.5. The molecule has 0 bridgehead atoms. The minimum Gasteiger partial charge on any atom is -0.481 e. The van der Waals surface area contributed by atoms with Crippen LogP contribution in [0.1, 0.15) is 37.4 Å². The third-order valence-electron chi connectivity index (χ3n) is 5.24. The highest BCUT2D eigenvalue weighted by atomic mass is 16.5. The van der Waals surface area contributed by atoms with Gasteiger partial charge in [-0.15, -0.1) is 0 Å². The van der Waals surface area contributed by atoms with Gasteiger partial charge in [0.1, 0.15) is 0 Å². The van der Waals surface area contributed by atoms with Gasteiger partial charge < -0.3 is 14.2 Å². The fraction of sp³-hybridized carbons (Fsp3) is 0.261. The summed E-state index contributed by atoms with van der Waals surface area (Å²) in [5.74, 6) is 0.169. The molecule has 2 aromatic carbocycles. The number of aliphatic carboxylic acids is 1. The quantitative estimate of drug-likeness (QED) is 0.486. The van der Waals surface area contributed by atoms with Crippen LogP contribution in [0.4, 0.5) is 0 Å². The number of hydrogen-bond donors (Lipinski definition) is 1. The molecule has 0 aliphatic carbocycles. The summed E-state index contributed by atoms with van der Waals surface area (Å²) in [7, 11) is 0. The Labute approximate surface area is 168 Å². The lowest BCUT2D eigenvalue weighted by atomic mass is 9.98. The molecule has 148 valence electrons. The molecule has 0 aliphatic rings. The number of benzene rings is 2. The van der Waals surface area contributed by atoms with E-state index in [9.17, 15) is 4.79 Å². The van der Waals surface area contributed by atoms with Gasteiger partial charge in [-0.25, -0.2) is 0 Å². The smallest absolute Gasteiger partial charge is 0.303 e. The van der Waals surface area contributed by atoms with Gasteiger partial charge in [0.15, 0.2) is 0 Å². The van der Waals surface area contributed by atoms with E-state index in [-0.39, 0.29) is 6.42 Å². The molecule has 0 unspecified atom stereocenters. The van der Waals surface area contributed by atoms with Crippen LogP contribution in [0.2, 0.25) is 0 Å². The summed E-state index contributed by atoms with van der Waals surface area (Å²) < 4.78 is 7.77. The molecule has 0 aliphatic heterocycles. The molecule has 0 saturated carbocycles. The van der Waals surface area contributed by atoms with Crippen molar-refractivity contribution in [3.63, 3.8) is 0 Å². The molecule has 2 aromatic heterocycles. The fourth-order valence-corrected chi connectivity index (χ4v) is 3.64. The second-order valence-corrected chi connectivity index (χ2v) is 7.50. The van der Waals surface area contributed by atoms with Crippen molar-refractivity contribution in [2.45, 2.75) is 39.7 Å². The lowest BCUT2D eigenvalue weighted by Gasteiger charge is -2.09. The second kappa shape index (κ2) is 7.54. The SMILES string of the molecule is Cc1c(CCC(=O)O)cccc1-c1noc(-c2ccc3c(ccn3C(C)C)c2)n1. The number of aryl methyl sites for hydroxylation is 1. The molecule has 6 heteroatoms. The van der Waals surface area contributed by atoms with Crippen LogP contribution in [0.15, 0.2) is 53.2 Å². The van der Waals surface area contributed by atoms with E-state index < -0.39 is 5.97 Å². The molecule has 0 radical (unpaired) electrons. The molecule has 4 aromatic rings. The van der Waals surface area contributed by atoms with Crippen molar-refractivity contribution in [3.8, 4) is 22.8 Å². The van der Waals surface area contributed by atoms with Crippen LogP contribution in [0.5, 0.6) is 0 Å². The highest BCUT2D eigenvalue weighted by molar-refractivity contribution is 5.84. The summed E-state index contributed by atoms with van der Waals surface area (Å²) in [5, 5.41) is 14.2. The third kappa shape index (κ3) is 3.66. The van der Waals surface area contributed by atoms with Crippen molar-refractivity contribution in [2.75, 3.05) is 0 Å². The van der Waals surface area contributed by atoms with E-state index >= 15 is 0 Å². The maximum atomic E-state index is 10.9. The molecule has 29 heavy (non-hydrogen) atoms. The highest BCUT2D eigenvalue weighted by Crippen LogP contribution is 2.29. The number of carboxylic acid groups (broad SMARTS) is 1. The van der Waals surface area contributed by atoms with Crippen molar-refractivity contribution in [3.05, 3.63) is 59.8 Å². The Bertz CT molecular complexity index is 1190. The van der Waals surface area contributed by atoms with Crippen LogP contribution >= 0.6 is 0 Å². The Hall–Kier alpha value is -3.41. The predicted octanol–water partition coefficient (Wildman–Crippen LogP) is 5.26. The Balaban J connectivity index is 1.66. The molecule has 0 atom stereocenters. The first kappa shape index (κ1) is 18.9. The summed E-state index contributed by atoms with van der Waals surface area (Å²) in [6, 6.07) is 14.4. The molecular weight excluding hydrogens is 366 g/mol. The normalized spacial score (nSPS) is 11.4. The summed E-state index contributed by atoms with van der Waals surface area (Å²) >= 11 is 0. The van der Waals surface area contributed by atoms with Gasteiger partial charge in [-0.2, -0.15) is 4.98 Å². The van der Waals surface area contributed by atoms with Crippen LogP contribution in [-0.4, -0.2) is 25.8 Å². The fourth-order valence-electron chi connectivity index (χ4n) is 3.64. The highest BCUT2D eigenvalue weighted by Gasteiger charge is 2.15. The van der Waals surface area contributed by atoms with Crippen molar-refractivity contribution in [2.24, 2.45) is 0 Å². The van der Waals surface area contributed by atoms with E-state index in [4.69, 9.17) is 9.63 Å². The summed E-state index contributed by atoms with van der Waals surface area (Å²) in [4.78, 5) is 15.5. The van der Waals surface area contributed by atoms with E-state index in [0.717, 1.165) is 27.6 Å². The Morgan fingerprint density at radius 3 is 2.79 bits per heavy atom. The lowest BCUT2D eigenvalue weighted by Crippen LogP contribution is -2.00. The van der Waals surface area contributed by atoms with Gasteiger partial charge in [-0.1, -0.05) is 23.4 Å². The number of aromatic nitrogens is 3. The predicted molar refractivity (Wildman–Crippen MR) is 112 cm³/mol. The van der Waals surface area contributed by atoms with Crippen molar-refractivity contribution < 1.29 is 14.4 Å². The van der Waals surface area contributed by atoms with Gasteiger partial charge in [0.05, 0.1) is 0 Å². The molecule has 0 saturated heterocycles. The van der Waals surface area contributed by atoms with Crippen LogP contribution in [-0.2, 0) is 11.2 Å². The Kier molecular flexibility index (Phi) is 4.92. The zero-order valence-electron chi connectivity index (χ0n) is 16.7. The molecule has 6 nitrogen and oxygen atoms in total. The first-order chi connectivity index (χ1) is 13.9. The number of rotatable bonds is 6. The number of carboxylic acids is 1. The van der Waals surface area contributed by atoms with Crippen LogP contribution in [0, 0.1) is 6.92 Å². The average Bonchev–Trinajstić information content (AvgIpc) is 3.33. The first-order valence-electron chi connectivity index (χ1n) is 9.69. The average molecular weight is 389 g/mol. The largest absolute Gasteiger partial charge is 0.481 e. The first-order valence-corrected chi connectivity index (χ1v) is 9.69. The maximum absolute atomic E-state index is 10.9. The number of fused-ring (bicyclic) bond motifs is 1. The monoisotopic (exact) mass is 389 g/mol. The molecule has 0 amide bonds. The minimum atomic E-state index is -0.807. The van der Waals surface area contributed by atoms with E-state index in [0.29, 0.717) is 24.2 Å². The van der Waals surface area contributed by atoms with Crippen molar-refractivity contribution in [1.82, 2.24) is 14.7 Å².